The summed E-state index contributed by atoms with van der Waals surface area (Å²) < 4.78 is 0. The molecule has 0 saturated heterocycles. The molecule has 0 bridgehead atoms. The van der Waals surface area contributed by atoms with Crippen LogP contribution in [0.5, 0.6) is 0 Å². The molecule has 1 aromatic rings. The summed E-state index contributed by atoms with van der Waals surface area (Å²) in [4.78, 5) is 16.0. The van der Waals surface area contributed by atoms with Crippen molar-refractivity contribution in [1.82, 2.24) is 4.98 Å². The number of nitrogens with zero attached hydrogens (tertiary/aromatic N) is 1. The van der Waals surface area contributed by atoms with Crippen LogP contribution in [0.25, 0.3) is 0 Å². The predicted octanol–water partition coefficient (Wildman–Crippen LogP) is 2.55. The lowest BCUT2D eigenvalue weighted by Crippen LogP contribution is -2.45. The van der Waals surface area contributed by atoms with E-state index in [9.17, 15) is 4.79 Å². The quantitative estimate of drug-likeness (QED) is 0.880. The Morgan fingerprint density at radius 2 is 1.89 bits per heavy atom. The van der Waals surface area contributed by atoms with Gasteiger partial charge in [0.25, 0.3) is 0 Å². The molecular weight excluding hydrogens is 273 g/mol. The van der Waals surface area contributed by atoms with Gasteiger partial charge in [-0.05, 0) is 24.5 Å². The van der Waals surface area contributed by atoms with Gasteiger partial charge >= 0.3 is 0 Å². The lowest BCUT2D eigenvalue weighted by Gasteiger charge is -2.25. The van der Waals surface area contributed by atoms with E-state index in [4.69, 9.17) is 5.73 Å². The fraction of sp³-hybridized carbons (Fsp3) is 0.500. The summed E-state index contributed by atoms with van der Waals surface area (Å²) in [5, 5.41) is 2.71. The minimum atomic E-state index is -0.546. The van der Waals surface area contributed by atoms with Gasteiger partial charge in [0.2, 0.25) is 5.91 Å². The Morgan fingerprint density at radius 1 is 1.33 bits per heavy atom. The zero-order valence-corrected chi connectivity index (χ0v) is 12.7. The van der Waals surface area contributed by atoms with Crippen molar-refractivity contribution in [3.05, 3.63) is 23.9 Å². The number of halogens is 2. The van der Waals surface area contributed by atoms with Crippen LogP contribution in [-0.2, 0) is 4.79 Å². The molecule has 104 valence electrons. The number of anilines is 1. The summed E-state index contributed by atoms with van der Waals surface area (Å²) in [6.45, 7) is 7.67. The maximum absolute atomic E-state index is 11.8. The lowest BCUT2D eigenvalue weighted by molar-refractivity contribution is -0.119. The van der Waals surface area contributed by atoms with Crippen LogP contribution in [-0.4, -0.2) is 16.9 Å². The molecule has 0 aliphatic heterocycles. The van der Waals surface area contributed by atoms with E-state index >= 15 is 0 Å². The van der Waals surface area contributed by atoms with E-state index in [0.29, 0.717) is 5.82 Å². The highest BCUT2D eigenvalue weighted by Gasteiger charge is 2.27. The van der Waals surface area contributed by atoms with Gasteiger partial charge in [-0.2, -0.15) is 0 Å². The molecule has 18 heavy (non-hydrogen) atoms. The number of hydrogen-bond donors (Lipinski definition) is 2. The second-order valence-corrected chi connectivity index (χ2v) is 5.00. The standard InChI is InChI=1S/C12H19N3O.2ClH/c1-8-6-5-7-9(14-8)15-11(16)10(13)12(2,3)4;;/h5-7,10H,13H2,1-4H3,(H,14,15,16);2*1H/t10-;;/m1../s1. The summed E-state index contributed by atoms with van der Waals surface area (Å²) in [6.07, 6.45) is 0. The second kappa shape index (κ2) is 7.56. The first kappa shape index (κ1) is 19.5. The Balaban J connectivity index is 0. The van der Waals surface area contributed by atoms with E-state index in [1.807, 2.05) is 39.8 Å². The van der Waals surface area contributed by atoms with Crippen LogP contribution >= 0.6 is 24.8 Å². The Kier molecular flexibility index (Phi) is 8.19. The minimum absolute atomic E-state index is 0. The molecule has 1 heterocycles. The van der Waals surface area contributed by atoms with Gasteiger partial charge in [0, 0.05) is 5.69 Å². The van der Waals surface area contributed by atoms with Crippen LogP contribution in [0.3, 0.4) is 0 Å². The van der Waals surface area contributed by atoms with Crippen molar-refractivity contribution in [1.29, 1.82) is 0 Å². The number of nitrogens with two attached hydrogens (primary N) is 1. The van der Waals surface area contributed by atoms with Crippen molar-refractivity contribution in [2.45, 2.75) is 33.7 Å². The van der Waals surface area contributed by atoms with Crippen molar-refractivity contribution in [3.63, 3.8) is 0 Å². The maximum Gasteiger partial charge on any atom is 0.242 e. The van der Waals surface area contributed by atoms with Crippen molar-refractivity contribution in [3.8, 4) is 0 Å². The average molecular weight is 294 g/mol. The highest BCUT2D eigenvalue weighted by atomic mass is 35.5. The van der Waals surface area contributed by atoms with E-state index in [-0.39, 0.29) is 36.1 Å². The van der Waals surface area contributed by atoms with Crippen LogP contribution in [0.2, 0.25) is 0 Å². The number of rotatable bonds is 2. The molecule has 0 radical (unpaired) electrons. The summed E-state index contributed by atoms with van der Waals surface area (Å²) in [5.74, 6) is 0.343. The van der Waals surface area contributed by atoms with E-state index in [2.05, 4.69) is 10.3 Å². The van der Waals surface area contributed by atoms with E-state index in [1.54, 1.807) is 6.07 Å². The van der Waals surface area contributed by atoms with Gasteiger partial charge in [0.15, 0.2) is 0 Å². The molecule has 0 saturated carbocycles. The van der Waals surface area contributed by atoms with Crippen LogP contribution in [0.1, 0.15) is 26.5 Å². The molecule has 0 fully saturated rings. The monoisotopic (exact) mass is 293 g/mol. The van der Waals surface area contributed by atoms with Gasteiger partial charge in [0.1, 0.15) is 5.82 Å². The molecule has 4 nitrogen and oxygen atoms in total. The molecule has 0 aliphatic rings. The Labute approximate surface area is 121 Å². The third-order valence-electron chi connectivity index (χ3n) is 2.36. The molecule has 0 unspecified atom stereocenters. The minimum Gasteiger partial charge on any atom is -0.319 e. The molecule has 0 aliphatic carbocycles. The third-order valence-corrected chi connectivity index (χ3v) is 2.36. The summed E-state index contributed by atoms with van der Waals surface area (Å²) in [6, 6.07) is 4.93. The fourth-order valence-electron chi connectivity index (χ4n) is 1.21. The molecule has 1 amide bonds. The highest BCUT2D eigenvalue weighted by molar-refractivity contribution is 5.94. The number of nitrogens with one attached hydrogen (secondary N) is 1. The second-order valence-electron chi connectivity index (χ2n) is 5.00. The molecular formula is C12H21Cl2N3O. The normalized spacial score (nSPS) is 11.8. The van der Waals surface area contributed by atoms with E-state index in [0.717, 1.165) is 5.69 Å². The van der Waals surface area contributed by atoms with E-state index < -0.39 is 6.04 Å². The summed E-state index contributed by atoms with van der Waals surface area (Å²) >= 11 is 0. The van der Waals surface area contributed by atoms with E-state index in [1.165, 1.54) is 0 Å². The Hall–Kier alpha value is -0.840. The Bertz CT molecular complexity index is 391. The topological polar surface area (TPSA) is 68.0 Å². The first-order valence-electron chi connectivity index (χ1n) is 5.31. The van der Waals surface area contributed by atoms with Gasteiger partial charge in [-0.1, -0.05) is 26.8 Å². The molecule has 1 atom stereocenters. The van der Waals surface area contributed by atoms with Gasteiger partial charge in [0.05, 0.1) is 6.04 Å². The molecule has 1 aromatic heterocycles. The number of aromatic nitrogens is 1. The van der Waals surface area contributed by atoms with Gasteiger partial charge in [-0.15, -0.1) is 24.8 Å². The summed E-state index contributed by atoms with van der Waals surface area (Å²) in [5.41, 5.74) is 6.45. The first-order chi connectivity index (χ1) is 7.30. The smallest absolute Gasteiger partial charge is 0.242 e. The van der Waals surface area contributed by atoms with Gasteiger partial charge in [-0.3, -0.25) is 4.79 Å². The van der Waals surface area contributed by atoms with Crippen LogP contribution < -0.4 is 11.1 Å². The Morgan fingerprint density at radius 3 is 2.33 bits per heavy atom. The third kappa shape index (κ3) is 5.67. The molecule has 0 spiro atoms. The zero-order valence-electron chi connectivity index (χ0n) is 11.1. The summed E-state index contributed by atoms with van der Waals surface area (Å²) in [7, 11) is 0. The first-order valence-corrected chi connectivity index (χ1v) is 5.31. The number of carbonyl (C=O) groups is 1. The number of hydrogen-bond acceptors (Lipinski definition) is 3. The highest BCUT2D eigenvalue weighted by Crippen LogP contribution is 2.18. The van der Waals surface area contributed by atoms with Crippen molar-refractivity contribution in [2.75, 3.05) is 5.32 Å². The predicted molar refractivity (Wildman–Crippen MR) is 79.5 cm³/mol. The molecule has 3 N–H and O–H groups in total. The molecule has 6 heteroatoms. The number of amides is 1. The largest absolute Gasteiger partial charge is 0.319 e. The number of aryl methyl sites for hydroxylation is 1. The van der Waals surface area contributed by atoms with Crippen LogP contribution in [0.15, 0.2) is 18.2 Å². The van der Waals surface area contributed by atoms with Gasteiger partial charge < -0.3 is 11.1 Å². The van der Waals surface area contributed by atoms with Gasteiger partial charge in [-0.25, -0.2) is 4.98 Å². The van der Waals surface area contributed by atoms with Crippen LogP contribution in [0.4, 0.5) is 5.82 Å². The van der Waals surface area contributed by atoms with Crippen molar-refractivity contribution < 1.29 is 4.79 Å². The maximum atomic E-state index is 11.8. The SMILES string of the molecule is Cc1cccc(NC(=O)[C@@H](N)C(C)(C)C)n1.Cl.Cl. The number of pyridine rings is 1. The molecule has 0 aromatic carbocycles. The van der Waals surface area contributed by atoms with Crippen molar-refractivity contribution >= 4 is 36.5 Å². The fourth-order valence-corrected chi connectivity index (χ4v) is 1.21. The lowest BCUT2D eigenvalue weighted by atomic mass is 9.87. The van der Waals surface area contributed by atoms with Crippen LogP contribution in [0, 0.1) is 12.3 Å². The van der Waals surface area contributed by atoms with Crippen molar-refractivity contribution in [2.24, 2.45) is 11.1 Å². The zero-order chi connectivity index (χ0) is 12.3. The average Bonchev–Trinajstić information content (AvgIpc) is 2.15. The molecule has 1 rings (SSSR count). The number of carbonyl (C=O) groups excluding carboxylic acids is 1.